The van der Waals surface area contributed by atoms with Gasteiger partial charge in [0.15, 0.2) is 0 Å². The van der Waals surface area contributed by atoms with Gasteiger partial charge in [-0.1, -0.05) is 18.2 Å². The summed E-state index contributed by atoms with van der Waals surface area (Å²) >= 11 is 0. The van der Waals surface area contributed by atoms with Crippen molar-refractivity contribution in [1.29, 1.82) is 0 Å². The first kappa shape index (κ1) is 20.9. The van der Waals surface area contributed by atoms with Crippen LogP contribution >= 0.6 is 0 Å². The lowest BCUT2D eigenvalue weighted by Crippen LogP contribution is -2.49. The largest absolute Gasteiger partial charge is 0.371 e. The maximum atomic E-state index is 14.6. The van der Waals surface area contributed by atoms with Crippen LogP contribution in [0.4, 0.5) is 15.8 Å². The van der Waals surface area contributed by atoms with E-state index in [2.05, 4.69) is 15.5 Å². The Hall–Kier alpha value is -2.93. The number of amides is 2. The molecule has 1 atom stereocenters. The molecule has 5 rings (SSSR count). The molecule has 1 unspecified atom stereocenters. The highest BCUT2D eigenvalue weighted by Crippen LogP contribution is 2.34. The molecule has 0 aromatic heterocycles. The van der Waals surface area contributed by atoms with E-state index in [0.29, 0.717) is 30.8 Å². The molecule has 2 N–H and O–H groups in total. The quantitative estimate of drug-likeness (QED) is 0.752. The van der Waals surface area contributed by atoms with Crippen LogP contribution in [0.15, 0.2) is 42.5 Å². The van der Waals surface area contributed by atoms with E-state index in [1.54, 1.807) is 17.0 Å². The number of nitrogens with zero attached hydrogens (tertiary/aromatic N) is 2. The molecule has 0 bridgehead atoms. The first-order chi connectivity index (χ1) is 15.6. The number of carbonyl (C=O) groups excluding carboxylic acids is 2. The molecular formula is C25H29FN4O2. The Kier molecular flexibility index (Phi) is 5.83. The molecule has 6 nitrogen and oxygen atoms in total. The van der Waals surface area contributed by atoms with Crippen LogP contribution in [0.2, 0.25) is 0 Å². The van der Waals surface area contributed by atoms with E-state index < -0.39 is 0 Å². The number of hydrogen-bond donors (Lipinski definition) is 2. The molecule has 2 aromatic rings. The van der Waals surface area contributed by atoms with Gasteiger partial charge in [0, 0.05) is 49.9 Å². The fourth-order valence-corrected chi connectivity index (χ4v) is 4.73. The normalized spacial score (nSPS) is 21.0. The van der Waals surface area contributed by atoms with Gasteiger partial charge in [-0.15, -0.1) is 0 Å². The zero-order valence-corrected chi connectivity index (χ0v) is 18.1. The SMILES string of the molecule is O=C(Nc1ccc(C(=O)N2CCNCC2c2ccccc2F)c(N2CCCC2)c1)C1CC1. The Morgan fingerprint density at radius 3 is 2.56 bits per heavy atom. The Balaban J connectivity index is 1.47. The van der Waals surface area contributed by atoms with Crippen LogP contribution in [0.5, 0.6) is 0 Å². The van der Waals surface area contributed by atoms with Crippen LogP contribution < -0.4 is 15.5 Å². The highest BCUT2D eigenvalue weighted by molar-refractivity contribution is 6.02. The van der Waals surface area contributed by atoms with Crippen molar-refractivity contribution in [3.05, 3.63) is 59.4 Å². The zero-order chi connectivity index (χ0) is 22.1. The molecule has 3 fully saturated rings. The predicted molar refractivity (Wildman–Crippen MR) is 122 cm³/mol. The topological polar surface area (TPSA) is 64.7 Å². The molecule has 2 saturated heterocycles. The Morgan fingerprint density at radius 2 is 1.81 bits per heavy atom. The molecular weight excluding hydrogens is 407 g/mol. The second-order valence-corrected chi connectivity index (χ2v) is 8.93. The maximum Gasteiger partial charge on any atom is 0.256 e. The zero-order valence-electron chi connectivity index (χ0n) is 18.1. The summed E-state index contributed by atoms with van der Waals surface area (Å²) in [7, 11) is 0. The lowest BCUT2D eigenvalue weighted by molar-refractivity contribution is -0.117. The lowest BCUT2D eigenvalue weighted by Gasteiger charge is -2.37. The first-order valence-electron chi connectivity index (χ1n) is 11.6. The molecule has 2 aromatic carbocycles. The van der Waals surface area contributed by atoms with Crippen molar-refractivity contribution in [2.45, 2.75) is 31.7 Å². The summed E-state index contributed by atoms with van der Waals surface area (Å²) in [5.41, 5.74) is 2.72. The third-order valence-electron chi connectivity index (χ3n) is 6.66. The van der Waals surface area contributed by atoms with Gasteiger partial charge < -0.3 is 20.4 Å². The van der Waals surface area contributed by atoms with Crippen LogP contribution in [0, 0.1) is 11.7 Å². The van der Waals surface area contributed by atoms with Crippen molar-refractivity contribution in [2.24, 2.45) is 5.92 Å². The average Bonchev–Trinajstić information content (AvgIpc) is 3.53. The molecule has 1 aliphatic carbocycles. The Labute approximate surface area is 187 Å². The third kappa shape index (κ3) is 4.21. The standard InChI is InChI=1S/C25H29FN4O2/c26-21-6-2-1-5-19(21)23-16-27-11-14-30(23)25(32)20-10-9-18(28-24(31)17-7-8-17)15-22(20)29-12-3-4-13-29/h1-2,5-6,9-10,15,17,23,27H,3-4,7-8,11-14,16H2,(H,28,31). The predicted octanol–water partition coefficient (Wildman–Crippen LogP) is 3.56. The summed E-state index contributed by atoms with van der Waals surface area (Å²) in [6, 6.07) is 11.9. The van der Waals surface area contributed by atoms with Gasteiger partial charge in [-0.2, -0.15) is 0 Å². The number of nitrogens with one attached hydrogen (secondary N) is 2. The van der Waals surface area contributed by atoms with Crippen molar-refractivity contribution in [1.82, 2.24) is 10.2 Å². The van der Waals surface area contributed by atoms with Gasteiger partial charge in [-0.25, -0.2) is 4.39 Å². The summed E-state index contributed by atoms with van der Waals surface area (Å²) in [6.07, 6.45) is 4.05. The summed E-state index contributed by atoms with van der Waals surface area (Å²) in [4.78, 5) is 30.1. The van der Waals surface area contributed by atoms with Gasteiger partial charge in [-0.3, -0.25) is 9.59 Å². The van der Waals surface area contributed by atoms with Crippen molar-refractivity contribution in [3.63, 3.8) is 0 Å². The average molecular weight is 437 g/mol. The van der Waals surface area contributed by atoms with Gasteiger partial charge >= 0.3 is 0 Å². The van der Waals surface area contributed by atoms with E-state index in [0.717, 1.165) is 50.1 Å². The van der Waals surface area contributed by atoms with Gasteiger partial charge in [0.25, 0.3) is 5.91 Å². The molecule has 0 spiro atoms. The highest BCUT2D eigenvalue weighted by Gasteiger charge is 2.33. The van der Waals surface area contributed by atoms with Gasteiger partial charge in [0.2, 0.25) is 5.91 Å². The van der Waals surface area contributed by atoms with E-state index in [-0.39, 0.29) is 29.6 Å². The molecule has 3 aliphatic rings. The van der Waals surface area contributed by atoms with Gasteiger partial charge in [-0.05, 0) is 49.9 Å². The summed E-state index contributed by atoms with van der Waals surface area (Å²) in [5.74, 6) is -0.217. The summed E-state index contributed by atoms with van der Waals surface area (Å²) in [6.45, 7) is 3.47. The number of benzene rings is 2. The van der Waals surface area contributed by atoms with E-state index >= 15 is 0 Å². The van der Waals surface area contributed by atoms with Crippen molar-refractivity contribution in [2.75, 3.05) is 42.9 Å². The van der Waals surface area contributed by atoms with Crippen molar-refractivity contribution in [3.8, 4) is 0 Å². The first-order valence-corrected chi connectivity index (χ1v) is 11.6. The second kappa shape index (κ2) is 8.90. The number of hydrogen-bond acceptors (Lipinski definition) is 4. The lowest BCUT2D eigenvalue weighted by atomic mass is 10.0. The minimum Gasteiger partial charge on any atom is -0.371 e. The summed E-state index contributed by atoms with van der Waals surface area (Å²) < 4.78 is 14.6. The van der Waals surface area contributed by atoms with Gasteiger partial charge in [0.1, 0.15) is 5.82 Å². The molecule has 2 aliphatic heterocycles. The van der Waals surface area contributed by atoms with E-state index in [1.165, 1.54) is 6.07 Å². The van der Waals surface area contributed by atoms with E-state index in [4.69, 9.17) is 0 Å². The summed E-state index contributed by atoms with van der Waals surface area (Å²) in [5, 5.41) is 6.30. The fourth-order valence-electron chi connectivity index (χ4n) is 4.73. The number of rotatable bonds is 5. The molecule has 2 amide bonds. The van der Waals surface area contributed by atoms with Crippen LogP contribution in [0.25, 0.3) is 0 Å². The second-order valence-electron chi connectivity index (χ2n) is 8.93. The molecule has 32 heavy (non-hydrogen) atoms. The molecule has 1 saturated carbocycles. The number of anilines is 2. The van der Waals surface area contributed by atoms with E-state index in [1.807, 2.05) is 24.3 Å². The number of carbonyl (C=O) groups is 2. The van der Waals surface area contributed by atoms with Crippen LogP contribution in [-0.4, -0.2) is 49.4 Å². The number of piperazine rings is 1. The molecule has 168 valence electrons. The van der Waals surface area contributed by atoms with Crippen LogP contribution in [0.1, 0.15) is 47.6 Å². The minimum atomic E-state index is -0.363. The monoisotopic (exact) mass is 436 g/mol. The fraction of sp³-hybridized carbons (Fsp3) is 0.440. The van der Waals surface area contributed by atoms with Gasteiger partial charge in [0.05, 0.1) is 17.3 Å². The minimum absolute atomic E-state index is 0.0539. The van der Waals surface area contributed by atoms with Crippen LogP contribution in [0.3, 0.4) is 0 Å². The molecule has 0 radical (unpaired) electrons. The van der Waals surface area contributed by atoms with Crippen LogP contribution in [-0.2, 0) is 4.79 Å². The van der Waals surface area contributed by atoms with Crippen molar-refractivity contribution < 1.29 is 14.0 Å². The van der Waals surface area contributed by atoms with E-state index in [9.17, 15) is 14.0 Å². The Bertz CT molecular complexity index is 1020. The smallest absolute Gasteiger partial charge is 0.256 e. The maximum absolute atomic E-state index is 14.6. The Morgan fingerprint density at radius 1 is 1.03 bits per heavy atom. The third-order valence-corrected chi connectivity index (χ3v) is 6.66. The highest BCUT2D eigenvalue weighted by atomic mass is 19.1. The molecule has 2 heterocycles. The van der Waals surface area contributed by atoms with Crippen molar-refractivity contribution >= 4 is 23.2 Å². The molecule has 7 heteroatoms. The number of halogens is 1.